The molecule has 3 saturated heterocycles. The molecule has 0 aliphatic carbocycles. The number of piperidine rings is 2. The molecule has 0 saturated carbocycles. The number of nitrogens with zero attached hydrogens (tertiary/aromatic N) is 3. The fraction of sp³-hybridized carbons (Fsp3) is 0.562. The van der Waals surface area contributed by atoms with Gasteiger partial charge in [-0.25, -0.2) is 0 Å². The number of carbonyl (C=O) groups excluding carboxylic acids is 1. The van der Waals surface area contributed by atoms with Gasteiger partial charge in [-0.15, -0.1) is 0 Å². The third-order valence-corrected chi connectivity index (χ3v) is 9.22. The van der Waals surface area contributed by atoms with E-state index in [1.54, 1.807) is 0 Å². The first-order chi connectivity index (χ1) is 18.3. The molecule has 3 aliphatic rings. The Hall–Kier alpha value is -2.70. The molecular formula is C32H42N4O2. The highest BCUT2D eigenvalue weighted by atomic mass is 16.5. The highest BCUT2D eigenvalue weighted by Gasteiger charge is 2.42. The molecule has 6 nitrogen and oxygen atoms in total. The number of nitrogens with one attached hydrogen (secondary N) is 1. The smallest absolute Gasteiger partial charge is 0.236 e. The largest absolute Gasteiger partial charge is 0.380 e. The number of carbonyl (C=O) groups is 1. The molecule has 1 N–H and O–H groups in total. The van der Waals surface area contributed by atoms with Gasteiger partial charge in [0.15, 0.2) is 0 Å². The van der Waals surface area contributed by atoms with Crippen molar-refractivity contribution in [3.8, 4) is 11.3 Å². The number of ether oxygens (including phenoxy) is 1. The van der Waals surface area contributed by atoms with Crippen LogP contribution in [-0.2, 0) is 9.53 Å². The Kier molecular flexibility index (Phi) is 6.81. The number of pyridine rings is 1. The molecule has 3 aliphatic heterocycles. The predicted octanol–water partition coefficient (Wildman–Crippen LogP) is 5.79. The van der Waals surface area contributed by atoms with Crippen LogP contribution in [-0.4, -0.2) is 71.6 Å². The minimum Gasteiger partial charge on any atom is -0.380 e. The molecular weight excluding hydrogens is 472 g/mol. The first-order valence-electron chi connectivity index (χ1n) is 14.5. The number of H-pyrrole nitrogens is 1. The van der Waals surface area contributed by atoms with Gasteiger partial charge in [0.25, 0.3) is 0 Å². The van der Waals surface area contributed by atoms with Gasteiger partial charge in [0.2, 0.25) is 5.91 Å². The lowest BCUT2D eigenvalue weighted by molar-refractivity contribution is -0.153. The average Bonchev–Trinajstić information content (AvgIpc) is 3.27. The van der Waals surface area contributed by atoms with Crippen LogP contribution in [0, 0.1) is 19.3 Å². The predicted molar refractivity (Wildman–Crippen MR) is 153 cm³/mol. The van der Waals surface area contributed by atoms with Gasteiger partial charge in [-0.1, -0.05) is 19.9 Å². The van der Waals surface area contributed by atoms with E-state index >= 15 is 0 Å². The Morgan fingerprint density at radius 2 is 1.74 bits per heavy atom. The maximum Gasteiger partial charge on any atom is 0.236 e. The fourth-order valence-corrected chi connectivity index (χ4v) is 6.92. The van der Waals surface area contributed by atoms with Crippen molar-refractivity contribution in [2.45, 2.75) is 65.2 Å². The number of likely N-dealkylation sites (tertiary alicyclic amines) is 2. The molecule has 1 spiro atoms. The lowest BCUT2D eigenvalue weighted by atomic mass is 9.77. The van der Waals surface area contributed by atoms with E-state index < -0.39 is 0 Å². The number of aromatic nitrogens is 2. The minimum atomic E-state index is 0.308. The van der Waals surface area contributed by atoms with E-state index in [0.717, 1.165) is 76.5 Å². The quantitative estimate of drug-likeness (QED) is 0.468. The molecule has 2 aromatic heterocycles. The van der Waals surface area contributed by atoms with Gasteiger partial charge in [0, 0.05) is 46.4 Å². The van der Waals surface area contributed by atoms with E-state index in [1.165, 1.54) is 33.3 Å². The number of benzene rings is 1. The van der Waals surface area contributed by atoms with Crippen molar-refractivity contribution in [1.82, 2.24) is 19.8 Å². The first kappa shape index (κ1) is 25.6. The highest BCUT2D eigenvalue weighted by Crippen LogP contribution is 2.40. The van der Waals surface area contributed by atoms with E-state index in [2.05, 4.69) is 77.8 Å². The number of fused-ring (bicyclic) bond motifs is 1. The van der Waals surface area contributed by atoms with Gasteiger partial charge in [0.1, 0.15) is 0 Å². The van der Waals surface area contributed by atoms with Gasteiger partial charge >= 0.3 is 0 Å². The second kappa shape index (κ2) is 10.1. The number of rotatable bonds is 5. The molecule has 3 aromatic rings. The van der Waals surface area contributed by atoms with Gasteiger partial charge in [-0.3, -0.25) is 14.7 Å². The summed E-state index contributed by atoms with van der Waals surface area (Å²) in [5, 5.41) is 1.34. The molecule has 0 bridgehead atoms. The molecule has 1 aromatic carbocycles. The zero-order chi connectivity index (χ0) is 26.4. The second-order valence-electron chi connectivity index (χ2n) is 12.4. The van der Waals surface area contributed by atoms with Crippen LogP contribution >= 0.6 is 0 Å². The molecule has 202 valence electrons. The van der Waals surface area contributed by atoms with Gasteiger partial charge < -0.3 is 14.6 Å². The normalized spacial score (nSPS) is 20.4. The average molecular weight is 515 g/mol. The van der Waals surface area contributed by atoms with Crippen LogP contribution in [0.1, 0.15) is 73.9 Å². The lowest BCUT2D eigenvalue weighted by Crippen LogP contribution is -2.53. The maximum atomic E-state index is 13.0. The van der Waals surface area contributed by atoms with E-state index in [4.69, 9.17) is 4.74 Å². The van der Waals surface area contributed by atoms with Crippen LogP contribution < -0.4 is 0 Å². The Morgan fingerprint density at radius 3 is 2.34 bits per heavy atom. The van der Waals surface area contributed by atoms with Crippen molar-refractivity contribution in [1.29, 1.82) is 0 Å². The highest BCUT2D eigenvalue weighted by molar-refractivity contribution is 5.92. The van der Waals surface area contributed by atoms with E-state index in [-0.39, 0.29) is 0 Å². The van der Waals surface area contributed by atoms with Crippen molar-refractivity contribution < 1.29 is 9.53 Å². The number of hydrogen-bond acceptors (Lipinski definition) is 4. The van der Waals surface area contributed by atoms with E-state index in [0.29, 0.717) is 29.7 Å². The van der Waals surface area contributed by atoms with Crippen molar-refractivity contribution >= 4 is 16.8 Å². The summed E-state index contributed by atoms with van der Waals surface area (Å²) in [4.78, 5) is 25.8. The van der Waals surface area contributed by atoms with E-state index in [9.17, 15) is 4.79 Å². The summed E-state index contributed by atoms with van der Waals surface area (Å²) in [6.45, 7) is 14.8. The zero-order valence-electron chi connectivity index (χ0n) is 23.5. The minimum absolute atomic E-state index is 0.308. The van der Waals surface area contributed by atoms with Gasteiger partial charge in [-0.05, 0) is 99.8 Å². The topological polar surface area (TPSA) is 61.5 Å². The fourth-order valence-electron chi connectivity index (χ4n) is 6.92. The van der Waals surface area contributed by atoms with Crippen LogP contribution in [0.4, 0.5) is 0 Å². The monoisotopic (exact) mass is 514 g/mol. The van der Waals surface area contributed by atoms with Crippen LogP contribution in [0.2, 0.25) is 0 Å². The summed E-state index contributed by atoms with van der Waals surface area (Å²) in [6.07, 6.45) is 4.42. The number of aryl methyl sites for hydroxylation is 2. The Bertz CT molecular complexity index is 1300. The third-order valence-electron chi connectivity index (χ3n) is 9.22. The summed E-state index contributed by atoms with van der Waals surface area (Å²) in [7, 11) is 0. The molecule has 38 heavy (non-hydrogen) atoms. The van der Waals surface area contributed by atoms with Crippen molar-refractivity contribution in [3.63, 3.8) is 0 Å². The van der Waals surface area contributed by atoms with Crippen LogP contribution in [0.3, 0.4) is 0 Å². The maximum absolute atomic E-state index is 13.0. The molecule has 6 heteroatoms. The van der Waals surface area contributed by atoms with Gasteiger partial charge in [-0.2, -0.15) is 0 Å². The van der Waals surface area contributed by atoms with Crippen molar-refractivity contribution in [3.05, 3.63) is 52.8 Å². The van der Waals surface area contributed by atoms with Crippen LogP contribution in [0.5, 0.6) is 0 Å². The lowest BCUT2D eigenvalue weighted by Gasteiger charge is -2.47. The Morgan fingerprint density at radius 1 is 1.05 bits per heavy atom. The second-order valence-corrected chi connectivity index (χ2v) is 12.4. The van der Waals surface area contributed by atoms with Gasteiger partial charge in [0.05, 0.1) is 25.5 Å². The first-order valence-corrected chi connectivity index (χ1v) is 14.5. The molecule has 6 rings (SSSR count). The van der Waals surface area contributed by atoms with Crippen molar-refractivity contribution in [2.24, 2.45) is 5.41 Å². The van der Waals surface area contributed by atoms with Crippen LogP contribution in [0.25, 0.3) is 22.2 Å². The molecule has 0 atom stereocenters. The summed E-state index contributed by atoms with van der Waals surface area (Å²) < 4.78 is 5.44. The Labute approximate surface area is 226 Å². The standard InChI is InChI=1S/C32H42N4O2/c1-21(2)30-27-17-25(5-6-28(27)34-31(30)26-15-22(3)33-23(4)16-26)24-7-11-35(12-8-24)18-29(37)36-13-9-32(10-14-36)19-38-20-32/h5-6,15-17,21,24,34H,7-14,18-20H2,1-4H3. The number of aromatic amines is 1. The van der Waals surface area contributed by atoms with Crippen molar-refractivity contribution in [2.75, 3.05) is 45.9 Å². The SMILES string of the molecule is Cc1cc(-c2[nH]c3ccc(C4CCN(CC(=O)N5CCC6(CC5)COC6)CC4)cc3c2C(C)C)cc(C)n1. The molecule has 0 unspecified atom stereocenters. The number of amides is 1. The number of hydrogen-bond donors (Lipinski definition) is 1. The summed E-state index contributed by atoms with van der Waals surface area (Å²) in [5.41, 5.74) is 8.96. The molecule has 1 amide bonds. The third kappa shape index (κ3) is 4.89. The summed E-state index contributed by atoms with van der Waals surface area (Å²) in [6, 6.07) is 11.4. The summed E-state index contributed by atoms with van der Waals surface area (Å²) in [5.74, 6) is 1.27. The van der Waals surface area contributed by atoms with E-state index in [1.807, 2.05) is 0 Å². The molecule has 0 radical (unpaired) electrons. The summed E-state index contributed by atoms with van der Waals surface area (Å²) >= 11 is 0. The molecule has 3 fully saturated rings. The zero-order valence-corrected chi connectivity index (χ0v) is 23.5. The molecule has 5 heterocycles. The Balaban J connectivity index is 1.13. The van der Waals surface area contributed by atoms with Crippen LogP contribution in [0.15, 0.2) is 30.3 Å².